The van der Waals surface area contributed by atoms with Crippen LogP contribution in [0.3, 0.4) is 0 Å². The van der Waals surface area contributed by atoms with Crippen molar-refractivity contribution in [2.75, 3.05) is 33.3 Å². The van der Waals surface area contributed by atoms with Crippen LogP contribution in [0.25, 0.3) is 16.5 Å². The number of aromatic nitrogens is 2. The predicted octanol–water partition coefficient (Wildman–Crippen LogP) is 3.97. The molecular formula is C25H32N4O3. The zero-order valence-corrected chi connectivity index (χ0v) is 19.3. The number of hydrogen-bond donors (Lipinski definition) is 4. The summed E-state index contributed by atoms with van der Waals surface area (Å²) in [6.07, 6.45) is 3.71. The van der Waals surface area contributed by atoms with Crippen LogP contribution in [-0.2, 0) is 6.42 Å². The minimum absolute atomic E-state index is 0.0433. The van der Waals surface area contributed by atoms with Gasteiger partial charge >= 0.3 is 0 Å². The Morgan fingerprint density at radius 3 is 2.75 bits per heavy atom. The average Bonchev–Trinajstić information content (AvgIpc) is 3.31. The van der Waals surface area contributed by atoms with Crippen LogP contribution in [-0.4, -0.2) is 59.2 Å². The monoisotopic (exact) mass is 436 g/mol. The summed E-state index contributed by atoms with van der Waals surface area (Å²) in [7, 11) is 1.63. The molecule has 0 saturated heterocycles. The van der Waals surface area contributed by atoms with Gasteiger partial charge in [-0.25, -0.2) is 0 Å². The number of benzene rings is 1. The van der Waals surface area contributed by atoms with Gasteiger partial charge < -0.3 is 30.0 Å². The molecule has 0 atom stereocenters. The molecule has 7 nitrogen and oxygen atoms in total. The number of hydrogen-bond acceptors (Lipinski definition) is 4. The number of rotatable bonds is 8. The Morgan fingerprint density at radius 2 is 2.03 bits per heavy atom. The average molecular weight is 437 g/mol. The lowest BCUT2D eigenvalue weighted by Gasteiger charge is -2.18. The molecule has 1 aromatic carbocycles. The fourth-order valence-electron chi connectivity index (χ4n) is 4.67. The number of carbonyl (C=O) groups excluding carboxylic acids is 1. The topological polar surface area (TPSA) is 93.4 Å². The molecule has 3 aromatic rings. The lowest BCUT2D eigenvalue weighted by molar-refractivity contribution is 0.0947. The van der Waals surface area contributed by atoms with E-state index in [-0.39, 0.29) is 11.8 Å². The maximum atomic E-state index is 13.1. The summed E-state index contributed by atoms with van der Waals surface area (Å²) in [6, 6.07) is 5.69. The van der Waals surface area contributed by atoms with E-state index in [1.54, 1.807) is 7.11 Å². The second kappa shape index (κ2) is 9.12. The van der Waals surface area contributed by atoms with Crippen LogP contribution in [0.1, 0.15) is 53.1 Å². The molecule has 0 fully saturated rings. The van der Waals surface area contributed by atoms with Crippen LogP contribution in [0.2, 0.25) is 0 Å². The number of H-pyrrole nitrogens is 2. The summed E-state index contributed by atoms with van der Waals surface area (Å²) in [5.41, 5.74) is 5.97. The van der Waals surface area contributed by atoms with Crippen LogP contribution in [0.15, 0.2) is 24.3 Å². The number of aromatic amines is 2. The number of carbonyl (C=O) groups is 1. The molecule has 0 unspecified atom stereocenters. The number of nitrogens with zero attached hydrogens (tertiary/aromatic N) is 1. The minimum atomic E-state index is -0.0433. The molecule has 1 amide bonds. The Balaban J connectivity index is 1.67. The van der Waals surface area contributed by atoms with Crippen molar-refractivity contribution >= 4 is 22.4 Å². The molecule has 4 N–H and O–H groups in total. The van der Waals surface area contributed by atoms with Crippen molar-refractivity contribution in [3.63, 3.8) is 0 Å². The number of amides is 1. The highest BCUT2D eigenvalue weighted by Gasteiger charge is 2.28. The van der Waals surface area contributed by atoms with Gasteiger partial charge in [0.25, 0.3) is 5.91 Å². The first-order chi connectivity index (χ1) is 15.5. The van der Waals surface area contributed by atoms with Gasteiger partial charge in [0.1, 0.15) is 5.75 Å². The lowest BCUT2D eigenvalue weighted by atomic mass is 9.89. The molecule has 2 heterocycles. The molecule has 0 spiro atoms. The molecule has 0 bridgehead atoms. The zero-order valence-electron chi connectivity index (χ0n) is 19.3. The van der Waals surface area contributed by atoms with Gasteiger partial charge in [-0.15, -0.1) is 0 Å². The number of aromatic hydroxyl groups is 1. The summed E-state index contributed by atoms with van der Waals surface area (Å²) in [6.45, 7) is 9.58. The normalized spacial score (nSPS) is 13.3. The van der Waals surface area contributed by atoms with Crippen LogP contribution < -0.4 is 10.1 Å². The predicted molar refractivity (Wildman–Crippen MR) is 128 cm³/mol. The van der Waals surface area contributed by atoms with Crippen molar-refractivity contribution in [1.29, 1.82) is 0 Å². The highest BCUT2D eigenvalue weighted by Crippen LogP contribution is 2.42. The van der Waals surface area contributed by atoms with E-state index in [1.165, 1.54) is 0 Å². The second-order valence-corrected chi connectivity index (χ2v) is 8.18. The van der Waals surface area contributed by atoms with E-state index in [4.69, 9.17) is 4.74 Å². The van der Waals surface area contributed by atoms with E-state index in [1.807, 2.05) is 25.1 Å². The van der Waals surface area contributed by atoms with Gasteiger partial charge in [0.05, 0.1) is 23.9 Å². The van der Waals surface area contributed by atoms with Crippen LogP contribution in [0.5, 0.6) is 11.6 Å². The summed E-state index contributed by atoms with van der Waals surface area (Å²) in [5, 5.41) is 14.7. The van der Waals surface area contributed by atoms with Crippen LogP contribution >= 0.6 is 0 Å². The summed E-state index contributed by atoms with van der Waals surface area (Å²) >= 11 is 0. The maximum Gasteiger partial charge on any atom is 0.253 e. The number of nitrogens with one attached hydrogen (secondary N) is 3. The van der Waals surface area contributed by atoms with Crippen molar-refractivity contribution in [2.45, 2.75) is 33.6 Å². The Bertz CT molecular complexity index is 1170. The van der Waals surface area contributed by atoms with Crippen molar-refractivity contribution < 1.29 is 14.6 Å². The fraction of sp³-hybridized carbons (Fsp3) is 0.400. The third-order valence-corrected chi connectivity index (χ3v) is 6.39. The lowest BCUT2D eigenvalue weighted by Crippen LogP contribution is -2.35. The molecule has 0 saturated carbocycles. The molecule has 0 radical (unpaired) electrons. The summed E-state index contributed by atoms with van der Waals surface area (Å²) < 4.78 is 5.39. The number of fused-ring (bicyclic) bond motifs is 2. The Morgan fingerprint density at radius 1 is 1.25 bits per heavy atom. The van der Waals surface area contributed by atoms with Gasteiger partial charge in [-0.3, -0.25) is 4.79 Å². The largest absolute Gasteiger partial charge is 0.497 e. The third-order valence-electron chi connectivity index (χ3n) is 6.39. The van der Waals surface area contributed by atoms with Crippen molar-refractivity contribution in [3.8, 4) is 11.6 Å². The first kappa shape index (κ1) is 22.0. The third kappa shape index (κ3) is 3.88. The molecule has 7 heteroatoms. The Kier molecular flexibility index (Phi) is 6.28. The SMILES string of the molecule is CCN(CC)CCNC(=O)c1c(C)[nH]c2c1CCC=C2c1c(O)[nH]c2ccc(OC)cc12. The highest BCUT2D eigenvalue weighted by atomic mass is 16.5. The number of ether oxygens (including phenoxy) is 1. The molecule has 4 rings (SSSR count). The van der Waals surface area contributed by atoms with Gasteiger partial charge in [0.15, 0.2) is 5.88 Å². The van der Waals surface area contributed by atoms with E-state index in [2.05, 4.69) is 40.1 Å². The fourth-order valence-corrected chi connectivity index (χ4v) is 4.67. The van der Waals surface area contributed by atoms with Crippen molar-refractivity contribution in [3.05, 3.63) is 52.4 Å². The van der Waals surface area contributed by atoms with Crippen molar-refractivity contribution in [2.24, 2.45) is 0 Å². The highest BCUT2D eigenvalue weighted by molar-refractivity contribution is 6.03. The smallest absolute Gasteiger partial charge is 0.253 e. The number of aryl methyl sites for hydroxylation is 1. The molecule has 1 aliphatic carbocycles. The molecular weight excluding hydrogens is 404 g/mol. The molecule has 1 aliphatic rings. The Labute approximate surface area is 188 Å². The van der Waals surface area contributed by atoms with Gasteiger partial charge in [-0.05, 0) is 56.6 Å². The summed E-state index contributed by atoms with van der Waals surface area (Å²) in [5.74, 6) is 0.799. The van der Waals surface area contributed by atoms with Gasteiger partial charge in [0, 0.05) is 35.3 Å². The quantitative estimate of drug-likeness (QED) is 0.430. The molecule has 32 heavy (non-hydrogen) atoms. The van der Waals surface area contributed by atoms with E-state index >= 15 is 0 Å². The number of likely N-dealkylation sites (N-methyl/N-ethyl adjacent to an activating group) is 1. The summed E-state index contributed by atoms with van der Waals surface area (Å²) in [4.78, 5) is 21.9. The molecule has 2 aromatic heterocycles. The molecule has 0 aliphatic heterocycles. The van der Waals surface area contributed by atoms with E-state index < -0.39 is 0 Å². The van der Waals surface area contributed by atoms with Gasteiger partial charge in [0.2, 0.25) is 0 Å². The maximum absolute atomic E-state index is 13.1. The van der Waals surface area contributed by atoms with E-state index in [0.717, 1.165) is 82.8 Å². The zero-order chi connectivity index (χ0) is 22.8. The number of allylic oxidation sites excluding steroid dienone is 1. The second-order valence-electron chi connectivity index (χ2n) is 8.18. The first-order valence-electron chi connectivity index (χ1n) is 11.3. The standard InChI is InChI=1S/C25H32N4O3/c1-5-29(6-2)13-12-26-24(30)21-15(3)27-23-17(21)8-7-9-18(23)22-19-14-16(32-4)10-11-20(19)28-25(22)31/h9-11,14,27-28,31H,5-8,12-13H2,1-4H3,(H,26,30). The Hall–Kier alpha value is -3.19. The minimum Gasteiger partial charge on any atom is -0.497 e. The van der Waals surface area contributed by atoms with Crippen LogP contribution in [0.4, 0.5) is 0 Å². The number of methoxy groups -OCH3 is 1. The van der Waals surface area contributed by atoms with Crippen molar-refractivity contribution in [1.82, 2.24) is 20.2 Å². The van der Waals surface area contributed by atoms with E-state index in [0.29, 0.717) is 6.54 Å². The van der Waals surface area contributed by atoms with Crippen LogP contribution in [0, 0.1) is 6.92 Å². The molecule has 170 valence electrons. The van der Waals surface area contributed by atoms with E-state index in [9.17, 15) is 9.90 Å². The first-order valence-corrected chi connectivity index (χ1v) is 11.3. The van der Waals surface area contributed by atoms with Gasteiger partial charge in [-0.2, -0.15) is 0 Å². The van der Waals surface area contributed by atoms with Gasteiger partial charge in [-0.1, -0.05) is 19.9 Å².